The van der Waals surface area contributed by atoms with Crippen LogP contribution in [0.5, 0.6) is 0 Å². The van der Waals surface area contributed by atoms with E-state index in [1.165, 1.54) is 6.20 Å². The molecule has 0 bridgehead atoms. The van der Waals surface area contributed by atoms with Crippen LogP contribution in [0.15, 0.2) is 41.0 Å². The number of benzene rings is 1. The lowest BCUT2D eigenvalue weighted by molar-refractivity contribution is 0.102. The molecule has 0 unspecified atom stereocenters. The van der Waals surface area contributed by atoms with Gasteiger partial charge in [-0.15, -0.1) is 0 Å². The zero-order valence-corrected chi connectivity index (χ0v) is 13.5. The molecule has 2 rings (SSSR count). The van der Waals surface area contributed by atoms with Crippen LogP contribution in [-0.2, 0) is 0 Å². The van der Waals surface area contributed by atoms with E-state index in [0.29, 0.717) is 20.9 Å². The number of carbonyl (C=O) groups is 1. The number of carbonyl (C=O) groups excluding carboxylic acids is 1. The molecule has 0 saturated carbocycles. The first-order chi connectivity index (χ1) is 8.58. The average Bonchev–Trinajstić information content (AvgIpc) is 2.34. The summed E-state index contributed by atoms with van der Waals surface area (Å²) < 4.78 is 1.54. The van der Waals surface area contributed by atoms with Crippen LogP contribution in [0.25, 0.3) is 0 Å². The van der Waals surface area contributed by atoms with E-state index in [2.05, 4.69) is 48.8 Å². The maximum absolute atomic E-state index is 12.0. The summed E-state index contributed by atoms with van der Waals surface area (Å²) in [6.45, 7) is 0. The van der Waals surface area contributed by atoms with Crippen molar-refractivity contribution in [2.45, 2.75) is 0 Å². The third-order valence-corrected chi connectivity index (χ3v) is 4.25. The predicted molar refractivity (Wildman–Crippen MR) is 84.1 cm³/mol. The van der Waals surface area contributed by atoms with E-state index in [-0.39, 0.29) is 5.91 Å². The highest BCUT2D eigenvalue weighted by atomic mass is 127. The topological polar surface area (TPSA) is 42.0 Å². The first kappa shape index (κ1) is 13.8. The maximum Gasteiger partial charge on any atom is 0.256 e. The minimum Gasteiger partial charge on any atom is -0.321 e. The van der Waals surface area contributed by atoms with Gasteiger partial charge in [0.15, 0.2) is 0 Å². The fourth-order valence-electron chi connectivity index (χ4n) is 1.33. The molecule has 0 aliphatic rings. The highest BCUT2D eigenvalue weighted by Gasteiger charge is 2.10. The van der Waals surface area contributed by atoms with Crippen LogP contribution in [0.1, 0.15) is 10.4 Å². The van der Waals surface area contributed by atoms with Gasteiger partial charge in [-0.3, -0.25) is 4.79 Å². The lowest BCUT2D eigenvalue weighted by Crippen LogP contribution is -2.13. The molecule has 0 aliphatic heterocycles. The van der Waals surface area contributed by atoms with E-state index >= 15 is 0 Å². The Bertz CT molecular complexity index is 606. The molecule has 1 aromatic heterocycles. The van der Waals surface area contributed by atoms with Crippen LogP contribution in [-0.4, -0.2) is 10.9 Å². The first-order valence-corrected chi connectivity index (χ1v) is 7.20. The number of nitrogens with one attached hydrogen (secondary N) is 1. The standard InChI is InChI=1S/C12H7BrClIN2O/c13-9-5-7(6-16-11(9)14)17-12(18)8-3-1-2-4-10(8)15/h1-6H,(H,17,18). The van der Waals surface area contributed by atoms with Crippen molar-refractivity contribution in [1.29, 1.82) is 0 Å². The van der Waals surface area contributed by atoms with E-state index < -0.39 is 0 Å². The van der Waals surface area contributed by atoms with Crippen LogP contribution in [0.2, 0.25) is 5.15 Å². The van der Waals surface area contributed by atoms with E-state index in [1.54, 1.807) is 12.1 Å². The van der Waals surface area contributed by atoms with E-state index in [1.807, 2.05) is 18.2 Å². The average molecular weight is 437 g/mol. The second-order valence-electron chi connectivity index (χ2n) is 3.43. The van der Waals surface area contributed by atoms with Crippen molar-refractivity contribution >= 4 is 61.7 Å². The number of halogens is 3. The summed E-state index contributed by atoms with van der Waals surface area (Å²) in [5.74, 6) is -0.170. The van der Waals surface area contributed by atoms with Crippen molar-refractivity contribution in [3.8, 4) is 0 Å². The molecule has 1 heterocycles. The summed E-state index contributed by atoms with van der Waals surface area (Å²) in [7, 11) is 0. The van der Waals surface area contributed by atoms with Gasteiger partial charge in [-0.05, 0) is 56.7 Å². The summed E-state index contributed by atoms with van der Waals surface area (Å²) in [5.41, 5.74) is 1.22. The second kappa shape index (κ2) is 5.99. The van der Waals surface area contributed by atoms with Crippen LogP contribution >= 0.6 is 50.1 Å². The first-order valence-electron chi connectivity index (χ1n) is 4.95. The largest absolute Gasteiger partial charge is 0.321 e. The summed E-state index contributed by atoms with van der Waals surface area (Å²) in [5, 5.41) is 3.14. The molecule has 1 N–H and O–H groups in total. The van der Waals surface area contributed by atoms with Gasteiger partial charge >= 0.3 is 0 Å². The summed E-state index contributed by atoms with van der Waals surface area (Å²) in [6.07, 6.45) is 1.51. The Hall–Kier alpha value is -0.660. The van der Waals surface area contributed by atoms with E-state index in [9.17, 15) is 4.79 Å². The minimum atomic E-state index is -0.170. The fraction of sp³-hybridized carbons (Fsp3) is 0. The van der Waals surface area contributed by atoms with Crippen molar-refractivity contribution in [2.75, 3.05) is 5.32 Å². The molecule has 3 nitrogen and oxygen atoms in total. The van der Waals surface area contributed by atoms with Gasteiger partial charge < -0.3 is 5.32 Å². The Morgan fingerprint density at radius 3 is 2.78 bits per heavy atom. The molecule has 0 radical (unpaired) electrons. The zero-order chi connectivity index (χ0) is 13.1. The Labute approximate surface area is 131 Å². The third-order valence-electron chi connectivity index (χ3n) is 2.17. The zero-order valence-electron chi connectivity index (χ0n) is 8.95. The van der Waals surface area contributed by atoms with Gasteiger partial charge in [-0.2, -0.15) is 0 Å². The lowest BCUT2D eigenvalue weighted by atomic mass is 10.2. The molecule has 6 heteroatoms. The lowest BCUT2D eigenvalue weighted by Gasteiger charge is -2.07. The Balaban J connectivity index is 2.22. The molecule has 1 amide bonds. The Morgan fingerprint density at radius 1 is 1.39 bits per heavy atom. The Kier molecular flexibility index (Phi) is 4.58. The van der Waals surface area contributed by atoms with Crippen LogP contribution in [0.4, 0.5) is 5.69 Å². The molecule has 0 saturated heterocycles. The SMILES string of the molecule is O=C(Nc1cnc(Cl)c(Br)c1)c1ccccc1I. The fourth-order valence-corrected chi connectivity index (χ4v) is 2.42. The molecule has 0 atom stereocenters. The van der Waals surface area contributed by atoms with Crippen LogP contribution < -0.4 is 5.32 Å². The van der Waals surface area contributed by atoms with Gasteiger partial charge in [0.25, 0.3) is 5.91 Å². The number of rotatable bonds is 2. The molecular weight excluding hydrogens is 430 g/mol. The molecule has 2 aromatic rings. The summed E-state index contributed by atoms with van der Waals surface area (Å²) in [6, 6.07) is 9.08. The molecule has 92 valence electrons. The quantitative estimate of drug-likeness (QED) is 0.561. The van der Waals surface area contributed by atoms with Crippen molar-refractivity contribution in [2.24, 2.45) is 0 Å². The highest BCUT2D eigenvalue weighted by Crippen LogP contribution is 2.23. The smallest absolute Gasteiger partial charge is 0.256 e. The normalized spacial score (nSPS) is 10.2. The highest BCUT2D eigenvalue weighted by molar-refractivity contribution is 14.1. The number of hydrogen-bond donors (Lipinski definition) is 1. The number of pyridine rings is 1. The molecule has 18 heavy (non-hydrogen) atoms. The molecule has 0 aliphatic carbocycles. The van der Waals surface area contributed by atoms with Crippen molar-refractivity contribution in [3.63, 3.8) is 0 Å². The van der Waals surface area contributed by atoms with Gasteiger partial charge in [0, 0.05) is 3.57 Å². The van der Waals surface area contributed by atoms with Crippen molar-refractivity contribution < 1.29 is 4.79 Å². The van der Waals surface area contributed by atoms with E-state index in [4.69, 9.17) is 11.6 Å². The number of anilines is 1. The number of aromatic nitrogens is 1. The molecule has 1 aromatic carbocycles. The van der Waals surface area contributed by atoms with Gasteiger partial charge in [-0.25, -0.2) is 4.98 Å². The van der Waals surface area contributed by atoms with Gasteiger partial charge in [0.1, 0.15) is 5.15 Å². The number of amides is 1. The van der Waals surface area contributed by atoms with Crippen LogP contribution in [0, 0.1) is 3.57 Å². The monoisotopic (exact) mass is 436 g/mol. The van der Waals surface area contributed by atoms with Gasteiger partial charge in [0.05, 0.1) is 21.9 Å². The molecule has 0 spiro atoms. The van der Waals surface area contributed by atoms with Gasteiger partial charge in [-0.1, -0.05) is 23.7 Å². The third kappa shape index (κ3) is 3.21. The summed E-state index contributed by atoms with van der Waals surface area (Å²) in [4.78, 5) is 16.0. The number of nitrogens with zero attached hydrogens (tertiary/aromatic N) is 1. The predicted octanol–water partition coefficient (Wildman–Crippen LogP) is 4.35. The number of hydrogen-bond acceptors (Lipinski definition) is 2. The van der Waals surface area contributed by atoms with Crippen molar-refractivity contribution in [3.05, 3.63) is 55.3 Å². The van der Waals surface area contributed by atoms with Crippen molar-refractivity contribution in [1.82, 2.24) is 4.98 Å². The Morgan fingerprint density at radius 2 is 2.11 bits per heavy atom. The van der Waals surface area contributed by atoms with Crippen LogP contribution in [0.3, 0.4) is 0 Å². The molecular formula is C12H7BrClIN2O. The van der Waals surface area contributed by atoms with Gasteiger partial charge in [0.2, 0.25) is 0 Å². The summed E-state index contributed by atoms with van der Waals surface area (Å²) >= 11 is 11.2. The molecule has 0 fully saturated rings. The van der Waals surface area contributed by atoms with E-state index in [0.717, 1.165) is 3.57 Å². The second-order valence-corrected chi connectivity index (χ2v) is 5.81. The minimum absolute atomic E-state index is 0.170. The maximum atomic E-state index is 12.0.